The minimum absolute atomic E-state index is 0. The van der Waals surface area contributed by atoms with Crippen molar-refractivity contribution < 1.29 is 13.6 Å². The number of hydrogen-bond donors (Lipinski definition) is 2. The molecule has 0 saturated carbocycles. The smallest absolute Gasteiger partial charge is 0.243 e. The van der Waals surface area contributed by atoms with E-state index in [1.165, 1.54) is 17.0 Å². The topological polar surface area (TPSA) is 69.9 Å². The molecule has 0 aliphatic carbocycles. The highest BCUT2D eigenvalue weighted by atomic mass is 127. The van der Waals surface area contributed by atoms with Gasteiger partial charge in [0.15, 0.2) is 5.96 Å². The Morgan fingerprint density at radius 2 is 1.90 bits per heavy atom. The predicted octanol–water partition coefficient (Wildman–Crippen LogP) is 3.39. The number of aliphatic imine (C=N–C) groups is 1. The Bertz CT molecular complexity index is 739. The normalized spacial score (nSPS) is 10.9. The van der Waals surface area contributed by atoms with Gasteiger partial charge in [-0.25, -0.2) is 9.38 Å². The minimum atomic E-state index is -0.222. The molecular weight excluding hydrogens is 506 g/mol. The van der Waals surface area contributed by atoms with Crippen molar-refractivity contribution in [1.82, 2.24) is 15.5 Å². The molecule has 0 radical (unpaired) electrons. The number of carbonyl (C=O) groups is 1. The van der Waals surface area contributed by atoms with E-state index < -0.39 is 0 Å². The highest BCUT2D eigenvalue weighted by Gasteiger charge is 2.05. The van der Waals surface area contributed by atoms with E-state index in [-0.39, 0.29) is 42.2 Å². The Balaban J connectivity index is 0.00000420. The number of nitrogens with one attached hydrogen (secondary N) is 2. The highest BCUT2D eigenvalue weighted by Crippen LogP contribution is 2.18. The second-order valence-corrected chi connectivity index (χ2v) is 7.46. The van der Waals surface area contributed by atoms with Crippen LogP contribution in [0.15, 0.2) is 57.0 Å². The molecule has 0 fully saturated rings. The first-order valence-corrected chi connectivity index (χ1v) is 10.2. The number of thioether (sulfide) groups is 1. The molecule has 1 heterocycles. The van der Waals surface area contributed by atoms with Crippen molar-refractivity contribution in [3.8, 4) is 0 Å². The van der Waals surface area contributed by atoms with E-state index in [2.05, 4.69) is 15.6 Å². The summed E-state index contributed by atoms with van der Waals surface area (Å²) in [5.74, 6) is 2.12. The van der Waals surface area contributed by atoms with Gasteiger partial charge in [0, 0.05) is 38.5 Å². The van der Waals surface area contributed by atoms with E-state index in [0.717, 1.165) is 35.8 Å². The SMILES string of the molecule is CN(C)C(=O)CN=C(NCCCSc1ccc(F)cc1)NCCc1ccco1.I. The van der Waals surface area contributed by atoms with Gasteiger partial charge in [0.25, 0.3) is 0 Å². The molecule has 0 bridgehead atoms. The Morgan fingerprint density at radius 1 is 1.17 bits per heavy atom. The summed E-state index contributed by atoms with van der Waals surface area (Å²) >= 11 is 1.68. The fourth-order valence-corrected chi connectivity index (χ4v) is 3.07. The molecule has 0 saturated heterocycles. The van der Waals surface area contributed by atoms with Crippen LogP contribution in [0.5, 0.6) is 0 Å². The van der Waals surface area contributed by atoms with Crippen LogP contribution in [0.25, 0.3) is 0 Å². The third kappa shape index (κ3) is 10.6. The summed E-state index contributed by atoms with van der Waals surface area (Å²) in [6.07, 6.45) is 3.29. The van der Waals surface area contributed by atoms with Crippen molar-refractivity contribution in [1.29, 1.82) is 0 Å². The van der Waals surface area contributed by atoms with Crippen molar-refractivity contribution in [2.75, 3.05) is 39.5 Å². The summed E-state index contributed by atoms with van der Waals surface area (Å²) in [6.45, 7) is 1.46. The van der Waals surface area contributed by atoms with Crippen molar-refractivity contribution >= 4 is 47.6 Å². The molecule has 1 amide bonds. The van der Waals surface area contributed by atoms with Crippen LogP contribution in [0.3, 0.4) is 0 Å². The summed E-state index contributed by atoms with van der Waals surface area (Å²) in [7, 11) is 3.42. The van der Waals surface area contributed by atoms with Crippen LogP contribution in [0.2, 0.25) is 0 Å². The van der Waals surface area contributed by atoms with Crippen molar-refractivity contribution in [3.05, 3.63) is 54.2 Å². The molecule has 2 rings (SSSR count). The van der Waals surface area contributed by atoms with Gasteiger partial charge in [0.2, 0.25) is 5.91 Å². The van der Waals surface area contributed by atoms with Gasteiger partial charge < -0.3 is 20.0 Å². The summed E-state index contributed by atoms with van der Waals surface area (Å²) in [6, 6.07) is 10.3. The summed E-state index contributed by atoms with van der Waals surface area (Å²) in [5, 5.41) is 6.48. The summed E-state index contributed by atoms with van der Waals surface area (Å²) < 4.78 is 18.2. The number of furan rings is 1. The number of guanidine groups is 1. The molecule has 0 aliphatic rings. The van der Waals surface area contributed by atoms with Gasteiger partial charge in [0.1, 0.15) is 18.1 Å². The predicted molar refractivity (Wildman–Crippen MR) is 127 cm³/mol. The molecule has 0 atom stereocenters. The monoisotopic (exact) mass is 534 g/mol. The van der Waals surface area contributed by atoms with E-state index in [0.29, 0.717) is 12.5 Å². The molecule has 29 heavy (non-hydrogen) atoms. The molecule has 6 nitrogen and oxygen atoms in total. The maximum absolute atomic E-state index is 12.9. The molecule has 0 spiro atoms. The highest BCUT2D eigenvalue weighted by molar-refractivity contribution is 14.0. The third-order valence-electron chi connectivity index (χ3n) is 3.81. The third-order valence-corrected chi connectivity index (χ3v) is 4.91. The zero-order chi connectivity index (χ0) is 20.2. The molecule has 0 aliphatic heterocycles. The number of carbonyl (C=O) groups excluding carboxylic acids is 1. The van der Waals surface area contributed by atoms with E-state index in [1.54, 1.807) is 44.3 Å². The zero-order valence-corrected chi connectivity index (χ0v) is 19.8. The fourth-order valence-electron chi connectivity index (χ4n) is 2.22. The van der Waals surface area contributed by atoms with Crippen LogP contribution in [0, 0.1) is 5.82 Å². The fraction of sp³-hybridized carbons (Fsp3) is 0.400. The second-order valence-electron chi connectivity index (χ2n) is 6.29. The minimum Gasteiger partial charge on any atom is -0.469 e. The van der Waals surface area contributed by atoms with Crippen LogP contribution < -0.4 is 10.6 Å². The second kappa shape index (κ2) is 14.3. The van der Waals surface area contributed by atoms with E-state index >= 15 is 0 Å². The standard InChI is InChI=1S/C20H27FN4O2S.HI/c1-25(2)19(26)15-24-20(23-12-10-17-5-3-13-27-17)22-11-4-14-28-18-8-6-16(21)7-9-18;/h3,5-9,13H,4,10-12,14-15H2,1-2H3,(H2,22,23,24);1H. The summed E-state index contributed by atoms with van der Waals surface area (Å²) in [4.78, 5) is 18.7. The Morgan fingerprint density at radius 3 is 2.55 bits per heavy atom. The van der Waals surface area contributed by atoms with Crippen molar-refractivity contribution in [2.24, 2.45) is 4.99 Å². The van der Waals surface area contributed by atoms with Gasteiger partial charge >= 0.3 is 0 Å². The molecule has 1 aromatic carbocycles. The first-order chi connectivity index (χ1) is 13.5. The maximum atomic E-state index is 12.9. The molecule has 160 valence electrons. The lowest BCUT2D eigenvalue weighted by Gasteiger charge is -2.13. The van der Waals surface area contributed by atoms with Crippen molar-refractivity contribution in [3.63, 3.8) is 0 Å². The molecule has 0 unspecified atom stereocenters. The van der Waals surface area contributed by atoms with E-state index in [9.17, 15) is 9.18 Å². The lowest BCUT2D eigenvalue weighted by molar-refractivity contribution is -0.127. The maximum Gasteiger partial charge on any atom is 0.243 e. The van der Waals surface area contributed by atoms with Gasteiger partial charge in [-0.1, -0.05) is 0 Å². The molecule has 9 heteroatoms. The molecular formula is C20H28FIN4O2S. The number of amides is 1. The Labute approximate surface area is 192 Å². The molecule has 2 N–H and O–H groups in total. The summed E-state index contributed by atoms with van der Waals surface area (Å²) in [5.41, 5.74) is 0. The van der Waals surface area contributed by atoms with E-state index in [4.69, 9.17) is 4.42 Å². The molecule has 1 aromatic heterocycles. The van der Waals surface area contributed by atoms with Gasteiger partial charge in [0.05, 0.1) is 6.26 Å². The van der Waals surface area contributed by atoms with Crippen LogP contribution >= 0.6 is 35.7 Å². The number of nitrogens with zero attached hydrogens (tertiary/aromatic N) is 2. The van der Waals surface area contributed by atoms with Crippen molar-refractivity contribution in [2.45, 2.75) is 17.7 Å². The lowest BCUT2D eigenvalue weighted by Crippen LogP contribution is -2.40. The van der Waals surface area contributed by atoms with Gasteiger partial charge in [-0.2, -0.15) is 0 Å². The van der Waals surface area contributed by atoms with Gasteiger partial charge in [-0.3, -0.25) is 4.79 Å². The van der Waals surface area contributed by atoms with Crippen LogP contribution in [0.1, 0.15) is 12.2 Å². The number of halogens is 2. The molecule has 2 aromatic rings. The zero-order valence-electron chi connectivity index (χ0n) is 16.7. The quantitative estimate of drug-likeness (QED) is 0.161. The Hall–Kier alpha value is -1.75. The van der Waals surface area contributed by atoms with Crippen LogP contribution in [-0.4, -0.2) is 56.2 Å². The number of likely N-dealkylation sites (N-methyl/N-ethyl adjacent to an activating group) is 1. The average molecular weight is 534 g/mol. The van der Waals surface area contributed by atoms with Gasteiger partial charge in [-0.15, -0.1) is 35.7 Å². The first-order valence-electron chi connectivity index (χ1n) is 9.17. The number of hydrogen-bond acceptors (Lipinski definition) is 4. The van der Waals surface area contributed by atoms with Crippen LogP contribution in [-0.2, 0) is 11.2 Å². The van der Waals surface area contributed by atoms with Gasteiger partial charge in [-0.05, 0) is 48.6 Å². The Kier molecular flexibility index (Phi) is 12.4. The first kappa shape index (κ1) is 25.3. The number of rotatable bonds is 10. The van der Waals surface area contributed by atoms with E-state index in [1.807, 2.05) is 12.1 Å². The van der Waals surface area contributed by atoms with Crippen LogP contribution in [0.4, 0.5) is 4.39 Å². The number of benzene rings is 1. The largest absolute Gasteiger partial charge is 0.469 e. The average Bonchev–Trinajstić information content (AvgIpc) is 3.19. The lowest BCUT2D eigenvalue weighted by atomic mass is 10.3.